The van der Waals surface area contributed by atoms with E-state index in [9.17, 15) is 0 Å². The fraction of sp³-hybridized carbons (Fsp3) is 0.435. The maximum atomic E-state index is 6.25. The van der Waals surface area contributed by atoms with Gasteiger partial charge in [0.2, 0.25) is 0 Å². The van der Waals surface area contributed by atoms with Crippen LogP contribution in [0.3, 0.4) is 0 Å². The molecule has 2 unspecified atom stereocenters. The van der Waals surface area contributed by atoms with E-state index in [1.807, 2.05) is 24.3 Å². The van der Waals surface area contributed by atoms with Gasteiger partial charge in [-0.25, -0.2) is 4.98 Å². The Kier molecular flexibility index (Phi) is 7.92. The molecule has 0 N–H and O–H groups in total. The minimum atomic E-state index is -0.0489. The summed E-state index contributed by atoms with van der Waals surface area (Å²) in [6, 6.07) is 16.3. The Balaban J connectivity index is 0.00000136. The van der Waals surface area contributed by atoms with Gasteiger partial charge in [-0.05, 0) is 57.0 Å². The third kappa shape index (κ3) is 5.03. The summed E-state index contributed by atoms with van der Waals surface area (Å²) in [6.07, 6.45) is 2.32. The zero-order valence-electron chi connectivity index (χ0n) is 17.8. The summed E-state index contributed by atoms with van der Waals surface area (Å²) < 4.78 is 13.6. The average Bonchev–Trinajstić information content (AvgIpc) is 3.18. The third-order valence-corrected chi connectivity index (χ3v) is 7.06. The first-order chi connectivity index (χ1) is 14.2. The van der Waals surface area contributed by atoms with E-state index in [0.29, 0.717) is 5.92 Å². The highest BCUT2D eigenvalue weighted by molar-refractivity contribution is 7.22. The molecule has 2 aromatic carbocycles. The molecule has 3 heterocycles. The van der Waals surface area contributed by atoms with E-state index < -0.39 is 0 Å². The van der Waals surface area contributed by atoms with Crippen molar-refractivity contribution in [3.05, 3.63) is 48.5 Å². The van der Waals surface area contributed by atoms with E-state index in [0.717, 1.165) is 41.8 Å². The number of fused-ring (bicyclic) bond motifs is 2. The van der Waals surface area contributed by atoms with Gasteiger partial charge in [0.15, 0.2) is 22.9 Å². The number of hydrogen-bond donors (Lipinski definition) is 0. The fourth-order valence-corrected chi connectivity index (χ4v) is 5.41. The fourth-order valence-electron chi connectivity index (χ4n) is 4.39. The Morgan fingerprint density at radius 3 is 2.35 bits per heavy atom. The van der Waals surface area contributed by atoms with Gasteiger partial charge < -0.3 is 14.4 Å². The number of halogens is 2. The highest BCUT2D eigenvalue weighted by Gasteiger charge is 2.33. The molecule has 2 aliphatic heterocycles. The van der Waals surface area contributed by atoms with Crippen LogP contribution in [-0.4, -0.2) is 48.9 Å². The zero-order valence-corrected chi connectivity index (χ0v) is 20.2. The maximum Gasteiger partial charge on any atom is 0.189 e. The zero-order chi connectivity index (χ0) is 19.8. The molecule has 0 amide bonds. The van der Waals surface area contributed by atoms with Crippen LogP contribution in [0.5, 0.6) is 11.5 Å². The molecule has 5 nitrogen and oxygen atoms in total. The second-order valence-corrected chi connectivity index (χ2v) is 9.12. The monoisotopic (exact) mass is 481 g/mol. The van der Waals surface area contributed by atoms with Gasteiger partial charge in [0, 0.05) is 19.6 Å². The Hall–Kier alpha value is -1.73. The summed E-state index contributed by atoms with van der Waals surface area (Å²) >= 11 is 1.80. The van der Waals surface area contributed by atoms with Crippen molar-refractivity contribution < 1.29 is 9.47 Å². The van der Waals surface area contributed by atoms with Crippen LogP contribution in [0.1, 0.15) is 19.8 Å². The van der Waals surface area contributed by atoms with Crippen LogP contribution in [0, 0.1) is 5.92 Å². The molecule has 168 valence electrons. The molecule has 2 aliphatic rings. The molecule has 0 aliphatic carbocycles. The average molecular weight is 482 g/mol. The van der Waals surface area contributed by atoms with Gasteiger partial charge in [-0.2, -0.15) is 0 Å². The highest BCUT2D eigenvalue weighted by atomic mass is 35.5. The lowest BCUT2D eigenvalue weighted by atomic mass is 9.96. The van der Waals surface area contributed by atoms with Crippen LogP contribution in [0.2, 0.25) is 0 Å². The van der Waals surface area contributed by atoms with Crippen molar-refractivity contribution in [3.63, 3.8) is 0 Å². The van der Waals surface area contributed by atoms with Gasteiger partial charge in [-0.15, -0.1) is 24.8 Å². The molecular weight excluding hydrogens is 453 g/mol. The first-order valence-electron chi connectivity index (χ1n) is 10.4. The van der Waals surface area contributed by atoms with Gasteiger partial charge in [0.1, 0.15) is 6.10 Å². The number of thiazole rings is 1. The molecule has 1 fully saturated rings. The van der Waals surface area contributed by atoms with Gasteiger partial charge in [0.05, 0.1) is 10.2 Å². The normalized spacial score (nSPS) is 20.9. The number of anilines is 1. The van der Waals surface area contributed by atoms with Crippen LogP contribution in [0.4, 0.5) is 5.13 Å². The molecule has 2 atom stereocenters. The molecule has 1 saturated heterocycles. The van der Waals surface area contributed by atoms with Gasteiger partial charge in [-0.3, -0.25) is 4.90 Å². The van der Waals surface area contributed by atoms with Crippen molar-refractivity contribution in [3.8, 4) is 11.5 Å². The SMILES string of the molecule is CC1Oc2ccccc2OC1N(C)CC1CCN(c2nc3ccccc3s2)CC1.Cl.Cl. The second kappa shape index (κ2) is 10.3. The van der Waals surface area contributed by atoms with E-state index in [4.69, 9.17) is 14.5 Å². The summed E-state index contributed by atoms with van der Waals surface area (Å²) in [4.78, 5) is 9.59. The Labute approximate surface area is 200 Å². The third-order valence-electron chi connectivity index (χ3n) is 5.96. The lowest BCUT2D eigenvalue weighted by Crippen LogP contribution is -2.51. The summed E-state index contributed by atoms with van der Waals surface area (Å²) in [5.41, 5.74) is 1.11. The topological polar surface area (TPSA) is 37.8 Å². The molecule has 0 radical (unpaired) electrons. The van der Waals surface area contributed by atoms with Crippen LogP contribution in [-0.2, 0) is 0 Å². The van der Waals surface area contributed by atoms with E-state index >= 15 is 0 Å². The largest absolute Gasteiger partial charge is 0.481 e. The maximum absolute atomic E-state index is 6.25. The molecular formula is C23H29Cl2N3O2S. The predicted octanol–water partition coefficient (Wildman–Crippen LogP) is 5.47. The van der Waals surface area contributed by atoms with Gasteiger partial charge in [0.25, 0.3) is 0 Å². The van der Waals surface area contributed by atoms with Crippen LogP contribution in [0.15, 0.2) is 48.5 Å². The molecule has 0 spiro atoms. The van der Waals surface area contributed by atoms with E-state index in [1.165, 1.54) is 17.5 Å². The number of para-hydroxylation sites is 3. The lowest BCUT2D eigenvalue weighted by molar-refractivity contribution is -0.0641. The Bertz CT molecular complexity index is 961. The highest BCUT2D eigenvalue weighted by Crippen LogP contribution is 2.35. The number of hydrogen-bond acceptors (Lipinski definition) is 6. The quantitative estimate of drug-likeness (QED) is 0.493. The molecule has 0 bridgehead atoms. The van der Waals surface area contributed by atoms with Crippen molar-refractivity contribution in [2.45, 2.75) is 32.1 Å². The standard InChI is InChI=1S/C23H27N3O2S.2ClH/c1-16-22(28-20-9-5-4-8-19(20)27-16)25(2)15-17-11-13-26(14-12-17)23-24-18-7-3-6-10-21(18)29-23;;/h3-10,16-17,22H,11-15H2,1-2H3;2*1H. The smallest absolute Gasteiger partial charge is 0.189 e. The second-order valence-electron chi connectivity index (χ2n) is 8.11. The van der Waals surface area contributed by atoms with E-state index in [2.05, 4.69) is 48.0 Å². The molecule has 1 aromatic heterocycles. The summed E-state index contributed by atoms with van der Waals surface area (Å²) in [6.45, 7) is 5.25. The molecule has 3 aromatic rings. The predicted molar refractivity (Wildman–Crippen MR) is 133 cm³/mol. The first kappa shape index (κ1) is 23.9. The van der Waals surface area contributed by atoms with Gasteiger partial charge >= 0.3 is 0 Å². The number of rotatable bonds is 4. The molecule has 0 saturated carbocycles. The van der Waals surface area contributed by atoms with Crippen LogP contribution < -0.4 is 14.4 Å². The minimum Gasteiger partial charge on any atom is -0.481 e. The number of likely N-dealkylation sites (N-methyl/N-ethyl adjacent to an activating group) is 1. The molecule has 5 rings (SSSR count). The Morgan fingerprint density at radius 1 is 1.00 bits per heavy atom. The summed E-state index contributed by atoms with van der Waals surface area (Å²) in [5, 5.41) is 1.16. The van der Waals surface area contributed by atoms with Crippen molar-refractivity contribution in [2.24, 2.45) is 5.92 Å². The Morgan fingerprint density at radius 2 is 1.65 bits per heavy atom. The molecule has 8 heteroatoms. The number of benzene rings is 2. The lowest BCUT2D eigenvalue weighted by Gasteiger charge is -2.40. The van der Waals surface area contributed by atoms with E-state index in [1.54, 1.807) is 11.3 Å². The van der Waals surface area contributed by atoms with Crippen molar-refractivity contribution in [1.29, 1.82) is 0 Å². The van der Waals surface area contributed by atoms with Crippen LogP contribution in [0.25, 0.3) is 10.2 Å². The van der Waals surface area contributed by atoms with E-state index in [-0.39, 0.29) is 37.1 Å². The van der Waals surface area contributed by atoms with Gasteiger partial charge in [-0.1, -0.05) is 35.6 Å². The summed E-state index contributed by atoms with van der Waals surface area (Å²) in [7, 11) is 2.15. The van der Waals surface area contributed by atoms with Crippen molar-refractivity contribution in [2.75, 3.05) is 31.6 Å². The first-order valence-corrected chi connectivity index (χ1v) is 11.2. The van der Waals surface area contributed by atoms with Crippen LogP contribution >= 0.6 is 36.2 Å². The number of piperidine rings is 1. The number of aromatic nitrogens is 1. The minimum absolute atomic E-state index is 0. The van der Waals surface area contributed by atoms with Crippen molar-refractivity contribution >= 4 is 51.5 Å². The molecule has 31 heavy (non-hydrogen) atoms. The summed E-state index contributed by atoms with van der Waals surface area (Å²) in [5.74, 6) is 2.35. The number of ether oxygens (including phenoxy) is 2. The number of nitrogens with zero attached hydrogens (tertiary/aromatic N) is 3. The van der Waals surface area contributed by atoms with Crippen molar-refractivity contribution in [1.82, 2.24) is 9.88 Å².